The van der Waals surface area contributed by atoms with Gasteiger partial charge >= 0.3 is 0 Å². The van der Waals surface area contributed by atoms with E-state index < -0.39 is 0 Å². The van der Waals surface area contributed by atoms with Gasteiger partial charge in [-0.2, -0.15) is 0 Å². The Kier molecular flexibility index (Phi) is 5.34. The maximum absolute atomic E-state index is 13.1. The maximum atomic E-state index is 13.1. The number of rotatable bonds is 4. The molecule has 5 heteroatoms. The van der Waals surface area contributed by atoms with E-state index in [1.807, 2.05) is 0 Å². The van der Waals surface area contributed by atoms with Gasteiger partial charge in [0.25, 0.3) is 0 Å². The van der Waals surface area contributed by atoms with Crippen LogP contribution in [0.1, 0.15) is 18.4 Å². The molecule has 1 saturated heterocycles. The molecule has 1 aromatic rings. The lowest BCUT2D eigenvalue weighted by atomic mass is 9.97. The Bertz CT molecular complexity index is 447. The van der Waals surface area contributed by atoms with Crippen molar-refractivity contribution < 1.29 is 9.18 Å². The summed E-state index contributed by atoms with van der Waals surface area (Å²) in [5.74, 6) is 0.0198. The van der Waals surface area contributed by atoms with Crippen molar-refractivity contribution in [3.05, 3.63) is 34.1 Å². The molecule has 3 nitrogen and oxygen atoms in total. The topological polar surface area (TPSA) is 41.1 Å². The van der Waals surface area contributed by atoms with Gasteiger partial charge in [-0.25, -0.2) is 4.39 Å². The number of carbonyl (C=O) groups is 1. The fourth-order valence-electron chi connectivity index (χ4n) is 2.25. The average molecular weight is 329 g/mol. The van der Waals surface area contributed by atoms with Gasteiger partial charge in [-0.3, -0.25) is 4.79 Å². The van der Waals surface area contributed by atoms with Crippen LogP contribution in [0, 0.1) is 11.7 Å². The molecule has 1 heterocycles. The lowest BCUT2D eigenvalue weighted by Crippen LogP contribution is -2.38. The molecule has 1 amide bonds. The summed E-state index contributed by atoms with van der Waals surface area (Å²) in [5, 5.41) is 6.20. The number of nitrogens with one attached hydrogen (secondary N) is 2. The van der Waals surface area contributed by atoms with E-state index in [1.165, 1.54) is 6.07 Å². The molecule has 0 bridgehead atoms. The van der Waals surface area contributed by atoms with Gasteiger partial charge in [0.15, 0.2) is 0 Å². The molecule has 104 valence electrons. The zero-order chi connectivity index (χ0) is 13.7. The van der Waals surface area contributed by atoms with E-state index in [1.54, 1.807) is 12.1 Å². The predicted octanol–water partition coefficient (Wildman–Crippen LogP) is 2.25. The molecule has 0 aromatic heterocycles. The predicted molar refractivity (Wildman–Crippen MR) is 76.4 cm³/mol. The third-order valence-electron chi connectivity index (χ3n) is 3.41. The minimum Gasteiger partial charge on any atom is -0.356 e. The smallest absolute Gasteiger partial charge is 0.223 e. The van der Waals surface area contributed by atoms with Crippen LogP contribution in [0.2, 0.25) is 0 Å². The summed E-state index contributed by atoms with van der Waals surface area (Å²) in [4.78, 5) is 11.9. The third-order valence-corrected chi connectivity index (χ3v) is 4.01. The quantitative estimate of drug-likeness (QED) is 0.890. The van der Waals surface area contributed by atoms with E-state index in [4.69, 9.17) is 0 Å². The van der Waals surface area contributed by atoms with Crippen LogP contribution in [0.5, 0.6) is 0 Å². The Morgan fingerprint density at radius 3 is 2.84 bits per heavy atom. The van der Waals surface area contributed by atoms with Crippen LogP contribution >= 0.6 is 15.9 Å². The van der Waals surface area contributed by atoms with Gasteiger partial charge in [0, 0.05) is 12.5 Å². The second-order valence-corrected chi connectivity index (χ2v) is 5.67. The van der Waals surface area contributed by atoms with E-state index in [-0.39, 0.29) is 17.6 Å². The fraction of sp³-hybridized carbons (Fsp3) is 0.500. The monoisotopic (exact) mass is 328 g/mol. The van der Waals surface area contributed by atoms with Crippen LogP contribution in [-0.4, -0.2) is 25.5 Å². The average Bonchev–Trinajstić information content (AvgIpc) is 2.43. The molecule has 1 aromatic carbocycles. The first-order valence-electron chi connectivity index (χ1n) is 6.59. The molecule has 0 saturated carbocycles. The molecule has 0 unspecified atom stereocenters. The SMILES string of the molecule is O=C(NCCc1ccc(F)c(Br)c1)C1CCNCC1. The summed E-state index contributed by atoms with van der Waals surface area (Å²) >= 11 is 3.16. The number of piperidine rings is 1. The number of amides is 1. The van der Waals surface area contributed by atoms with E-state index in [0.717, 1.165) is 37.9 Å². The normalized spacial score (nSPS) is 16.3. The van der Waals surface area contributed by atoms with Gasteiger partial charge < -0.3 is 10.6 Å². The highest BCUT2D eigenvalue weighted by Gasteiger charge is 2.20. The molecule has 19 heavy (non-hydrogen) atoms. The Hall–Kier alpha value is -0.940. The number of carbonyl (C=O) groups excluding carboxylic acids is 1. The second kappa shape index (κ2) is 7.01. The molecule has 1 aliphatic rings. The van der Waals surface area contributed by atoms with E-state index in [2.05, 4.69) is 26.6 Å². The van der Waals surface area contributed by atoms with Crippen LogP contribution in [0.25, 0.3) is 0 Å². The molecule has 0 aliphatic carbocycles. The molecular weight excluding hydrogens is 311 g/mol. The van der Waals surface area contributed by atoms with Crippen molar-refractivity contribution >= 4 is 21.8 Å². The molecule has 1 fully saturated rings. The number of benzene rings is 1. The Labute approximate surface area is 121 Å². The van der Waals surface area contributed by atoms with Crippen molar-refractivity contribution in [1.82, 2.24) is 10.6 Å². The molecule has 2 N–H and O–H groups in total. The zero-order valence-corrected chi connectivity index (χ0v) is 12.3. The Balaban J connectivity index is 1.76. The first-order chi connectivity index (χ1) is 9.16. The third kappa shape index (κ3) is 4.28. The van der Waals surface area contributed by atoms with Crippen molar-refractivity contribution in [2.24, 2.45) is 5.92 Å². The largest absolute Gasteiger partial charge is 0.356 e. The summed E-state index contributed by atoms with van der Waals surface area (Å²) in [6.45, 7) is 2.44. The highest BCUT2D eigenvalue weighted by molar-refractivity contribution is 9.10. The van der Waals surface area contributed by atoms with Crippen LogP contribution in [0.15, 0.2) is 22.7 Å². The van der Waals surface area contributed by atoms with Gasteiger partial charge in [-0.05, 0) is 66.0 Å². The van der Waals surface area contributed by atoms with Gasteiger partial charge in [0.1, 0.15) is 5.82 Å². The number of hydrogen-bond donors (Lipinski definition) is 2. The maximum Gasteiger partial charge on any atom is 0.223 e. The summed E-state index contributed by atoms with van der Waals surface area (Å²) in [6, 6.07) is 4.94. The van der Waals surface area contributed by atoms with Gasteiger partial charge in [-0.1, -0.05) is 6.07 Å². The molecule has 2 rings (SSSR count). The molecule has 1 aliphatic heterocycles. The molecular formula is C14H18BrFN2O. The number of hydrogen-bond acceptors (Lipinski definition) is 2. The van der Waals surface area contributed by atoms with Crippen molar-refractivity contribution in [2.45, 2.75) is 19.3 Å². The van der Waals surface area contributed by atoms with E-state index >= 15 is 0 Å². The van der Waals surface area contributed by atoms with Crippen molar-refractivity contribution in [3.8, 4) is 0 Å². The van der Waals surface area contributed by atoms with Crippen molar-refractivity contribution in [1.29, 1.82) is 0 Å². The Morgan fingerprint density at radius 1 is 1.42 bits per heavy atom. The summed E-state index contributed by atoms with van der Waals surface area (Å²) in [5.41, 5.74) is 1.01. The van der Waals surface area contributed by atoms with Crippen LogP contribution < -0.4 is 10.6 Å². The highest BCUT2D eigenvalue weighted by Crippen LogP contribution is 2.17. The zero-order valence-electron chi connectivity index (χ0n) is 10.7. The fourth-order valence-corrected chi connectivity index (χ4v) is 2.68. The van der Waals surface area contributed by atoms with Crippen LogP contribution in [-0.2, 0) is 11.2 Å². The first-order valence-corrected chi connectivity index (χ1v) is 7.38. The van der Waals surface area contributed by atoms with Crippen molar-refractivity contribution in [2.75, 3.05) is 19.6 Å². The lowest BCUT2D eigenvalue weighted by molar-refractivity contribution is -0.125. The van der Waals surface area contributed by atoms with Crippen LogP contribution in [0.4, 0.5) is 4.39 Å². The minimum atomic E-state index is -0.262. The van der Waals surface area contributed by atoms with Crippen molar-refractivity contribution in [3.63, 3.8) is 0 Å². The Morgan fingerprint density at radius 2 is 2.16 bits per heavy atom. The van der Waals surface area contributed by atoms with Crippen LogP contribution in [0.3, 0.4) is 0 Å². The summed E-state index contributed by atoms with van der Waals surface area (Å²) in [6.07, 6.45) is 2.54. The van der Waals surface area contributed by atoms with E-state index in [9.17, 15) is 9.18 Å². The summed E-state index contributed by atoms with van der Waals surface area (Å²) in [7, 11) is 0. The minimum absolute atomic E-state index is 0.140. The second-order valence-electron chi connectivity index (χ2n) is 4.81. The standard InChI is InChI=1S/C14H18BrFN2O/c15-12-9-10(1-2-13(12)16)3-8-18-14(19)11-4-6-17-7-5-11/h1-2,9,11,17H,3-8H2,(H,18,19). The van der Waals surface area contributed by atoms with E-state index in [0.29, 0.717) is 11.0 Å². The first kappa shape index (κ1) is 14.5. The van der Waals surface area contributed by atoms with Gasteiger partial charge in [0.2, 0.25) is 5.91 Å². The molecule has 0 spiro atoms. The highest BCUT2D eigenvalue weighted by atomic mass is 79.9. The van der Waals surface area contributed by atoms with Gasteiger partial charge in [-0.15, -0.1) is 0 Å². The lowest BCUT2D eigenvalue weighted by Gasteiger charge is -2.21. The molecule has 0 atom stereocenters. The summed E-state index contributed by atoms with van der Waals surface area (Å²) < 4.78 is 13.5. The number of halogens is 2. The molecule has 0 radical (unpaired) electrons. The van der Waals surface area contributed by atoms with Gasteiger partial charge in [0.05, 0.1) is 4.47 Å².